The summed E-state index contributed by atoms with van der Waals surface area (Å²) in [7, 11) is 0. The van der Waals surface area contributed by atoms with Crippen LogP contribution in [0.15, 0.2) is 40.3 Å². The first-order valence-electron chi connectivity index (χ1n) is 4.94. The summed E-state index contributed by atoms with van der Waals surface area (Å²) in [5.41, 5.74) is 0.711. The molecule has 0 saturated carbocycles. The summed E-state index contributed by atoms with van der Waals surface area (Å²) in [5, 5.41) is 0.660. The molecule has 1 heterocycles. The summed E-state index contributed by atoms with van der Waals surface area (Å²) in [5.74, 6) is 0. The summed E-state index contributed by atoms with van der Waals surface area (Å²) in [4.78, 5) is 17.4. The van der Waals surface area contributed by atoms with Crippen LogP contribution in [0, 0.1) is 0 Å². The number of benzene rings is 1. The molecule has 0 aliphatic heterocycles. The second-order valence-corrected chi connectivity index (χ2v) is 4.20. The monoisotopic (exact) mass is 232 g/mol. The van der Waals surface area contributed by atoms with Crippen LogP contribution in [0.25, 0.3) is 17.1 Å². The van der Waals surface area contributed by atoms with Gasteiger partial charge in [0.2, 0.25) is 0 Å². The maximum absolute atomic E-state index is 12.0. The zero-order valence-electron chi connectivity index (χ0n) is 9.18. The third kappa shape index (κ3) is 1.88. The molecule has 2 rings (SSSR count). The molecule has 0 aliphatic rings. The Morgan fingerprint density at radius 2 is 2.25 bits per heavy atom. The van der Waals surface area contributed by atoms with Crippen LogP contribution in [-0.2, 0) is 0 Å². The summed E-state index contributed by atoms with van der Waals surface area (Å²) in [6, 6.07) is 5.73. The Labute approximate surface area is 97.8 Å². The number of rotatable bonds is 2. The fraction of sp³-hybridized carbons (Fsp3) is 0.167. The van der Waals surface area contributed by atoms with Gasteiger partial charge in [-0.25, -0.2) is 4.98 Å². The van der Waals surface area contributed by atoms with Gasteiger partial charge in [0, 0.05) is 11.1 Å². The average molecular weight is 232 g/mol. The van der Waals surface area contributed by atoms with Gasteiger partial charge in [0.05, 0.1) is 10.9 Å². The van der Waals surface area contributed by atoms with Crippen molar-refractivity contribution >= 4 is 28.9 Å². The highest BCUT2D eigenvalue weighted by Crippen LogP contribution is 2.18. The maximum atomic E-state index is 12.0. The van der Waals surface area contributed by atoms with Gasteiger partial charge in [-0.05, 0) is 31.4 Å². The van der Waals surface area contributed by atoms with E-state index in [0.29, 0.717) is 5.39 Å². The third-order valence-electron chi connectivity index (χ3n) is 2.30. The van der Waals surface area contributed by atoms with E-state index >= 15 is 0 Å². The fourth-order valence-electron chi connectivity index (χ4n) is 1.51. The molecule has 0 atom stereocenters. The van der Waals surface area contributed by atoms with E-state index in [4.69, 9.17) is 0 Å². The van der Waals surface area contributed by atoms with Crippen LogP contribution >= 0.6 is 11.8 Å². The van der Waals surface area contributed by atoms with Crippen LogP contribution in [0.4, 0.5) is 0 Å². The highest BCUT2D eigenvalue weighted by atomic mass is 32.2. The number of hydrogen-bond acceptors (Lipinski definition) is 3. The van der Waals surface area contributed by atoms with Crippen LogP contribution in [0.5, 0.6) is 0 Å². The van der Waals surface area contributed by atoms with E-state index in [1.54, 1.807) is 24.3 Å². The summed E-state index contributed by atoms with van der Waals surface area (Å²) < 4.78 is 1.49. The van der Waals surface area contributed by atoms with Gasteiger partial charge in [0.25, 0.3) is 5.56 Å². The van der Waals surface area contributed by atoms with Gasteiger partial charge in [-0.15, -0.1) is 11.8 Å². The zero-order chi connectivity index (χ0) is 11.5. The minimum absolute atomic E-state index is 0.0287. The molecule has 0 amide bonds. The predicted octanol–water partition coefficient (Wildman–Crippen LogP) is 2.61. The number of thioether (sulfide) groups is 1. The molecule has 3 nitrogen and oxygen atoms in total. The highest BCUT2D eigenvalue weighted by Gasteiger charge is 2.03. The van der Waals surface area contributed by atoms with Gasteiger partial charge < -0.3 is 0 Å². The van der Waals surface area contributed by atoms with Crippen molar-refractivity contribution in [2.75, 3.05) is 6.26 Å². The van der Waals surface area contributed by atoms with Crippen molar-refractivity contribution < 1.29 is 0 Å². The molecule has 82 valence electrons. The summed E-state index contributed by atoms with van der Waals surface area (Å²) in [6.45, 7) is 1.87. The molecular weight excluding hydrogens is 220 g/mol. The van der Waals surface area contributed by atoms with Gasteiger partial charge in [-0.1, -0.05) is 6.08 Å². The molecule has 0 bridgehead atoms. The molecule has 0 saturated heterocycles. The largest absolute Gasteiger partial charge is 0.274 e. The minimum atomic E-state index is -0.0287. The first kappa shape index (κ1) is 11.0. The van der Waals surface area contributed by atoms with E-state index in [1.807, 2.05) is 37.5 Å². The quantitative estimate of drug-likeness (QED) is 0.746. The van der Waals surface area contributed by atoms with E-state index in [-0.39, 0.29) is 5.56 Å². The molecule has 2 aromatic rings. The van der Waals surface area contributed by atoms with Crippen molar-refractivity contribution in [1.82, 2.24) is 9.55 Å². The van der Waals surface area contributed by atoms with Gasteiger partial charge >= 0.3 is 0 Å². The van der Waals surface area contributed by atoms with Crippen molar-refractivity contribution in [2.45, 2.75) is 11.8 Å². The van der Waals surface area contributed by atoms with Gasteiger partial charge in [-0.3, -0.25) is 9.36 Å². The normalized spacial score (nSPS) is 11.4. The Kier molecular flexibility index (Phi) is 3.10. The van der Waals surface area contributed by atoms with Gasteiger partial charge in [0.15, 0.2) is 0 Å². The topological polar surface area (TPSA) is 34.9 Å². The fourth-order valence-corrected chi connectivity index (χ4v) is 1.95. The maximum Gasteiger partial charge on any atom is 0.265 e. The molecular formula is C12H12N2OS. The minimum Gasteiger partial charge on any atom is -0.274 e. The lowest BCUT2D eigenvalue weighted by Gasteiger charge is -2.02. The number of nitrogens with zero attached hydrogens (tertiary/aromatic N) is 2. The first-order chi connectivity index (χ1) is 7.76. The zero-order valence-corrected chi connectivity index (χ0v) is 9.99. The number of aromatic nitrogens is 2. The lowest BCUT2D eigenvalue weighted by molar-refractivity contribution is 1.02. The molecule has 4 heteroatoms. The van der Waals surface area contributed by atoms with Gasteiger partial charge in [0.1, 0.15) is 6.33 Å². The Morgan fingerprint density at radius 3 is 2.94 bits per heavy atom. The highest BCUT2D eigenvalue weighted by molar-refractivity contribution is 7.98. The van der Waals surface area contributed by atoms with Crippen LogP contribution in [-0.4, -0.2) is 15.8 Å². The van der Waals surface area contributed by atoms with E-state index in [2.05, 4.69) is 4.98 Å². The van der Waals surface area contributed by atoms with Crippen LogP contribution in [0.2, 0.25) is 0 Å². The molecule has 0 fully saturated rings. The Bertz CT molecular complexity index is 601. The molecule has 1 aromatic heterocycles. The molecule has 16 heavy (non-hydrogen) atoms. The first-order valence-corrected chi connectivity index (χ1v) is 6.16. The Hall–Kier alpha value is -1.55. The van der Waals surface area contributed by atoms with Crippen molar-refractivity contribution in [3.63, 3.8) is 0 Å². The van der Waals surface area contributed by atoms with Crippen molar-refractivity contribution in [3.8, 4) is 0 Å². The molecule has 0 aliphatic carbocycles. The third-order valence-corrected chi connectivity index (χ3v) is 3.02. The van der Waals surface area contributed by atoms with Crippen LogP contribution in [0.1, 0.15) is 6.92 Å². The Balaban J connectivity index is 2.76. The van der Waals surface area contributed by atoms with Gasteiger partial charge in [-0.2, -0.15) is 0 Å². The molecule has 0 radical (unpaired) electrons. The predicted molar refractivity (Wildman–Crippen MR) is 68.8 cm³/mol. The standard InChI is InChI=1S/C12H12N2OS/c1-3-6-14-8-13-11-5-4-9(16-2)7-10(11)12(14)15/h3-8H,1-2H3/b6-3+. The van der Waals surface area contributed by atoms with E-state index < -0.39 is 0 Å². The Morgan fingerprint density at radius 1 is 1.44 bits per heavy atom. The second kappa shape index (κ2) is 4.53. The number of allylic oxidation sites excluding steroid dienone is 1. The molecule has 0 unspecified atom stereocenters. The summed E-state index contributed by atoms with van der Waals surface area (Å²) >= 11 is 1.62. The second-order valence-electron chi connectivity index (χ2n) is 3.32. The van der Waals surface area contributed by atoms with Crippen molar-refractivity contribution in [1.29, 1.82) is 0 Å². The number of hydrogen-bond donors (Lipinski definition) is 0. The number of fused-ring (bicyclic) bond motifs is 1. The molecule has 1 aromatic carbocycles. The van der Waals surface area contributed by atoms with Crippen molar-refractivity contribution in [3.05, 3.63) is 41.0 Å². The van der Waals surface area contributed by atoms with E-state index in [1.165, 1.54) is 4.57 Å². The smallest absolute Gasteiger partial charge is 0.265 e. The lowest BCUT2D eigenvalue weighted by atomic mass is 10.2. The lowest BCUT2D eigenvalue weighted by Crippen LogP contribution is -2.15. The van der Waals surface area contributed by atoms with Crippen LogP contribution in [0.3, 0.4) is 0 Å². The molecule has 0 N–H and O–H groups in total. The van der Waals surface area contributed by atoms with E-state index in [0.717, 1.165) is 10.4 Å². The van der Waals surface area contributed by atoms with Crippen molar-refractivity contribution in [2.24, 2.45) is 0 Å². The van der Waals surface area contributed by atoms with E-state index in [9.17, 15) is 4.79 Å². The summed E-state index contributed by atoms with van der Waals surface area (Å²) in [6.07, 6.45) is 7.05. The average Bonchev–Trinajstić information content (AvgIpc) is 2.33. The SMILES string of the molecule is C/C=C/n1cnc2ccc(SC)cc2c1=O. The molecule has 0 spiro atoms. The van der Waals surface area contributed by atoms with Crippen LogP contribution < -0.4 is 5.56 Å².